The zero-order chi connectivity index (χ0) is 19.0. The lowest BCUT2D eigenvalue weighted by Gasteiger charge is -2.17. The smallest absolute Gasteiger partial charge is 0.216 e. The molecule has 26 heavy (non-hydrogen) atoms. The van der Waals surface area contributed by atoms with E-state index in [0.717, 1.165) is 24.0 Å². The number of nitrogens with two attached hydrogens (primary N) is 1. The van der Waals surface area contributed by atoms with E-state index in [2.05, 4.69) is 15.0 Å². The van der Waals surface area contributed by atoms with Crippen LogP contribution in [0.4, 0.5) is 0 Å². The number of guanidine groups is 1. The van der Waals surface area contributed by atoms with E-state index in [1.54, 1.807) is 0 Å². The zero-order valence-corrected chi connectivity index (χ0v) is 16.7. The number of hydrogen-bond donors (Lipinski definition) is 3. The SMILES string of the molecule is CC(C)NS(=O)(=O)Cc1ccccc1CN=C(N)NC1CCCCCC1. The molecule has 1 aromatic rings. The normalized spacial score (nSPS) is 17.3. The molecular formula is C19H32N4O2S. The Hall–Kier alpha value is -1.60. The predicted octanol–water partition coefficient (Wildman–Crippen LogP) is 2.64. The standard InChI is InChI=1S/C19H32N4O2S/c1-15(2)23-26(24,25)14-17-10-8-7-9-16(17)13-21-19(20)22-18-11-5-3-4-6-12-18/h7-10,15,18,23H,3-6,11-14H2,1-2H3,(H3,20,21,22). The zero-order valence-electron chi connectivity index (χ0n) is 15.9. The van der Waals surface area contributed by atoms with E-state index in [4.69, 9.17) is 5.73 Å². The first-order valence-corrected chi connectivity index (χ1v) is 11.1. The van der Waals surface area contributed by atoms with E-state index in [1.165, 1.54) is 25.7 Å². The van der Waals surface area contributed by atoms with Gasteiger partial charge < -0.3 is 11.1 Å². The maximum absolute atomic E-state index is 12.2. The van der Waals surface area contributed by atoms with E-state index in [0.29, 0.717) is 18.5 Å². The molecule has 1 aromatic carbocycles. The number of hydrogen-bond acceptors (Lipinski definition) is 3. The number of nitrogens with one attached hydrogen (secondary N) is 2. The Kier molecular flexibility index (Phi) is 7.90. The first-order chi connectivity index (χ1) is 12.4. The quantitative estimate of drug-likeness (QED) is 0.385. The van der Waals surface area contributed by atoms with Gasteiger partial charge in [0.15, 0.2) is 5.96 Å². The fraction of sp³-hybridized carbons (Fsp3) is 0.632. The Morgan fingerprint density at radius 1 is 1.15 bits per heavy atom. The van der Waals surface area contributed by atoms with Crippen LogP contribution >= 0.6 is 0 Å². The summed E-state index contributed by atoms with van der Waals surface area (Å²) >= 11 is 0. The molecule has 0 aliphatic heterocycles. The van der Waals surface area contributed by atoms with Crippen molar-refractivity contribution in [1.82, 2.24) is 10.0 Å². The summed E-state index contributed by atoms with van der Waals surface area (Å²) in [6, 6.07) is 7.76. The monoisotopic (exact) mass is 380 g/mol. The van der Waals surface area contributed by atoms with Gasteiger partial charge in [0.1, 0.15) is 0 Å². The molecule has 4 N–H and O–H groups in total. The minimum atomic E-state index is -3.37. The van der Waals surface area contributed by atoms with Gasteiger partial charge in [0.05, 0.1) is 12.3 Å². The van der Waals surface area contributed by atoms with Gasteiger partial charge in [0.25, 0.3) is 0 Å². The summed E-state index contributed by atoms with van der Waals surface area (Å²) in [5, 5.41) is 3.32. The molecule has 0 aromatic heterocycles. The van der Waals surface area contributed by atoms with Crippen LogP contribution in [-0.2, 0) is 22.3 Å². The van der Waals surface area contributed by atoms with Gasteiger partial charge in [-0.3, -0.25) is 0 Å². The van der Waals surface area contributed by atoms with E-state index in [-0.39, 0.29) is 11.8 Å². The molecule has 0 unspecified atom stereocenters. The maximum atomic E-state index is 12.2. The summed E-state index contributed by atoms with van der Waals surface area (Å²) in [4.78, 5) is 4.44. The van der Waals surface area contributed by atoms with Crippen molar-refractivity contribution in [3.8, 4) is 0 Å². The van der Waals surface area contributed by atoms with Crippen molar-refractivity contribution in [2.75, 3.05) is 0 Å². The third-order valence-electron chi connectivity index (χ3n) is 4.51. The van der Waals surface area contributed by atoms with Gasteiger partial charge in [-0.05, 0) is 37.8 Å². The Morgan fingerprint density at radius 3 is 2.38 bits per heavy atom. The second-order valence-corrected chi connectivity index (χ2v) is 9.09. The first kappa shape index (κ1) is 20.7. The van der Waals surface area contributed by atoms with Crippen LogP contribution in [0.2, 0.25) is 0 Å². The molecule has 2 rings (SSSR count). The minimum absolute atomic E-state index is 0.0488. The Bertz CT molecular complexity index is 693. The van der Waals surface area contributed by atoms with Gasteiger partial charge in [-0.2, -0.15) is 0 Å². The third kappa shape index (κ3) is 7.33. The second kappa shape index (κ2) is 9.92. The predicted molar refractivity (Wildman–Crippen MR) is 107 cm³/mol. The summed E-state index contributed by atoms with van der Waals surface area (Å²) in [7, 11) is -3.37. The number of nitrogens with zero attached hydrogens (tertiary/aromatic N) is 1. The van der Waals surface area contributed by atoms with Crippen LogP contribution in [0.25, 0.3) is 0 Å². The highest BCUT2D eigenvalue weighted by Crippen LogP contribution is 2.17. The number of aliphatic imine (C=N–C) groups is 1. The molecule has 0 saturated heterocycles. The lowest BCUT2D eigenvalue weighted by Crippen LogP contribution is -2.39. The molecule has 0 atom stereocenters. The lowest BCUT2D eigenvalue weighted by atomic mass is 10.1. The van der Waals surface area contributed by atoms with Crippen molar-refractivity contribution in [3.05, 3.63) is 35.4 Å². The molecular weight excluding hydrogens is 348 g/mol. The molecule has 0 radical (unpaired) electrons. The van der Waals surface area contributed by atoms with Crippen molar-refractivity contribution in [1.29, 1.82) is 0 Å². The third-order valence-corrected chi connectivity index (χ3v) is 6.03. The first-order valence-electron chi connectivity index (χ1n) is 9.49. The molecule has 0 spiro atoms. The van der Waals surface area contributed by atoms with Crippen LogP contribution in [-0.4, -0.2) is 26.5 Å². The van der Waals surface area contributed by atoms with Gasteiger partial charge >= 0.3 is 0 Å². The maximum Gasteiger partial charge on any atom is 0.216 e. The van der Waals surface area contributed by atoms with Gasteiger partial charge in [0, 0.05) is 12.1 Å². The van der Waals surface area contributed by atoms with Crippen molar-refractivity contribution in [2.45, 2.75) is 76.8 Å². The van der Waals surface area contributed by atoms with Crippen LogP contribution in [0, 0.1) is 0 Å². The fourth-order valence-electron chi connectivity index (χ4n) is 3.31. The average Bonchev–Trinajstić information content (AvgIpc) is 2.81. The molecule has 0 amide bonds. The highest BCUT2D eigenvalue weighted by atomic mass is 32.2. The second-order valence-electron chi connectivity index (χ2n) is 7.33. The Labute approximate surface area is 157 Å². The molecule has 146 valence electrons. The van der Waals surface area contributed by atoms with Gasteiger partial charge in [-0.15, -0.1) is 0 Å². The summed E-state index contributed by atoms with van der Waals surface area (Å²) < 4.78 is 27.0. The van der Waals surface area contributed by atoms with Crippen LogP contribution < -0.4 is 15.8 Å². The summed E-state index contributed by atoms with van der Waals surface area (Å²) in [5.74, 6) is 0.391. The minimum Gasteiger partial charge on any atom is -0.370 e. The van der Waals surface area contributed by atoms with Crippen LogP contribution in [0.5, 0.6) is 0 Å². The van der Waals surface area contributed by atoms with E-state index >= 15 is 0 Å². The summed E-state index contributed by atoms with van der Waals surface area (Å²) in [6.45, 7) is 4.00. The molecule has 0 heterocycles. The average molecular weight is 381 g/mol. The molecule has 1 saturated carbocycles. The molecule has 6 nitrogen and oxygen atoms in total. The van der Waals surface area contributed by atoms with Crippen molar-refractivity contribution >= 4 is 16.0 Å². The summed E-state index contributed by atoms with van der Waals surface area (Å²) in [6.07, 6.45) is 7.31. The molecule has 1 aliphatic rings. The summed E-state index contributed by atoms with van der Waals surface area (Å²) in [5.41, 5.74) is 7.69. The van der Waals surface area contributed by atoms with Gasteiger partial charge in [-0.1, -0.05) is 49.9 Å². The fourth-order valence-corrected chi connectivity index (χ4v) is 4.80. The van der Waals surface area contributed by atoms with Crippen LogP contribution in [0.15, 0.2) is 29.3 Å². The van der Waals surface area contributed by atoms with Crippen LogP contribution in [0.1, 0.15) is 63.5 Å². The largest absolute Gasteiger partial charge is 0.370 e. The van der Waals surface area contributed by atoms with Gasteiger partial charge in [0.2, 0.25) is 10.0 Å². The molecule has 1 fully saturated rings. The number of sulfonamides is 1. The molecule has 0 bridgehead atoms. The molecule has 7 heteroatoms. The van der Waals surface area contributed by atoms with E-state index in [1.807, 2.05) is 38.1 Å². The molecule has 1 aliphatic carbocycles. The van der Waals surface area contributed by atoms with Crippen molar-refractivity contribution in [3.63, 3.8) is 0 Å². The Balaban J connectivity index is 2.00. The van der Waals surface area contributed by atoms with Gasteiger partial charge in [-0.25, -0.2) is 18.1 Å². The van der Waals surface area contributed by atoms with E-state index < -0.39 is 10.0 Å². The van der Waals surface area contributed by atoms with Crippen molar-refractivity contribution in [2.24, 2.45) is 10.7 Å². The van der Waals surface area contributed by atoms with Crippen LogP contribution in [0.3, 0.4) is 0 Å². The highest BCUT2D eigenvalue weighted by Gasteiger charge is 2.16. The lowest BCUT2D eigenvalue weighted by molar-refractivity contribution is 0.530. The highest BCUT2D eigenvalue weighted by molar-refractivity contribution is 7.88. The Morgan fingerprint density at radius 2 is 1.77 bits per heavy atom. The van der Waals surface area contributed by atoms with E-state index in [9.17, 15) is 8.42 Å². The number of benzene rings is 1. The topological polar surface area (TPSA) is 96.6 Å². The number of rotatable bonds is 7. The van der Waals surface area contributed by atoms with Crippen molar-refractivity contribution < 1.29 is 8.42 Å².